The van der Waals surface area contributed by atoms with Crippen molar-refractivity contribution in [2.45, 2.75) is 12.8 Å². The molecule has 2 rings (SSSR count). The van der Waals surface area contributed by atoms with Crippen LogP contribution in [0.4, 0.5) is 11.4 Å². The Morgan fingerprint density at radius 3 is 2.57 bits per heavy atom. The van der Waals surface area contributed by atoms with Gasteiger partial charge in [0.05, 0.1) is 27.3 Å². The minimum absolute atomic E-state index is 0.0762. The molecular weight excluding hydrogens is 319 g/mol. The van der Waals surface area contributed by atoms with Gasteiger partial charge in [-0.2, -0.15) is 0 Å². The van der Waals surface area contributed by atoms with Crippen molar-refractivity contribution >= 4 is 34.6 Å². The van der Waals surface area contributed by atoms with Crippen LogP contribution in [-0.4, -0.2) is 36.4 Å². The fourth-order valence-corrected chi connectivity index (χ4v) is 3.03. The first kappa shape index (κ1) is 16.3. The van der Waals surface area contributed by atoms with Crippen LogP contribution in [0.15, 0.2) is 12.1 Å². The van der Waals surface area contributed by atoms with E-state index in [4.69, 9.17) is 27.9 Å². The standard InChI is InChI=1S/C13H16Cl2N2O4/c14-10-5-9(17(19)20)6-11(15)12(10)16-7-13(1-3-18)2-4-21-8-13/h5-6,16,18H,1-4,7-8H2/t13-/m1/s1. The molecule has 1 fully saturated rings. The summed E-state index contributed by atoms with van der Waals surface area (Å²) in [5, 5.41) is 23.5. The van der Waals surface area contributed by atoms with E-state index < -0.39 is 4.92 Å². The van der Waals surface area contributed by atoms with E-state index in [1.165, 1.54) is 12.1 Å². The molecule has 21 heavy (non-hydrogen) atoms. The number of non-ortho nitro benzene ring substituents is 1. The van der Waals surface area contributed by atoms with Crippen molar-refractivity contribution in [1.29, 1.82) is 0 Å². The lowest BCUT2D eigenvalue weighted by Crippen LogP contribution is -2.31. The Morgan fingerprint density at radius 1 is 1.43 bits per heavy atom. The number of aliphatic hydroxyl groups excluding tert-OH is 1. The molecule has 116 valence electrons. The molecule has 0 aromatic heterocycles. The van der Waals surface area contributed by atoms with Crippen molar-refractivity contribution in [2.75, 3.05) is 31.7 Å². The Hall–Kier alpha value is -1.08. The summed E-state index contributed by atoms with van der Waals surface area (Å²) in [5.41, 5.74) is 0.154. The van der Waals surface area contributed by atoms with Crippen molar-refractivity contribution in [2.24, 2.45) is 5.41 Å². The molecule has 1 aliphatic heterocycles. The van der Waals surface area contributed by atoms with E-state index in [0.717, 1.165) is 6.42 Å². The Kier molecular flexibility index (Phi) is 5.27. The predicted molar refractivity (Wildman–Crippen MR) is 81.2 cm³/mol. The smallest absolute Gasteiger partial charge is 0.272 e. The number of aliphatic hydroxyl groups is 1. The largest absolute Gasteiger partial charge is 0.396 e. The molecule has 0 bridgehead atoms. The number of nitro groups is 1. The van der Waals surface area contributed by atoms with Crippen molar-refractivity contribution in [3.63, 3.8) is 0 Å². The molecule has 1 aliphatic rings. The fourth-order valence-electron chi connectivity index (χ4n) is 2.42. The molecule has 0 amide bonds. The molecule has 1 aromatic rings. The van der Waals surface area contributed by atoms with Crippen LogP contribution in [0.1, 0.15) is 12.8 Å². The quantitative estimate of drug-likeness (QED) is 0.616. The summed E-state index contributed by atoms with van der Waals surface area (Å²) < 4.78 is 5.41. The Balaban J connectivity index is 2.14. The lowest BCUT2D eigenvalue weighted by Gasteiger charge is -2.27. The zero-order chi connectivity index (χ0) is 15.5. The first-order valence-electron chi connectivity index (χ1n) is 6.53. The van der Waals surface area contributed by atoms with Gasteiger partial charge in [0.2, 0.25) is 0 Å². The third-order valence-electron chi connectivity index (χ3n) is 3.70. The van der Waals surface area contributed by atoms with E-state index in [-0.39, 0.29) is 27.8 Å². The highest BCUT2D eigenvalue weighted by molar-refractivity contribution is 6.39. The number of ether oxygens (including phenoxy) is 1. The summed E-state index contributed by atoms with van der Waals surface area (Å²) in [7, 11) is 0. The van der Waals surface area contributed by atoms with Gasteiger partial charge in [0.1, 0.15) is 0 Å². The van der Waals surface area contributed by atoms with Gasteiger partial charge in [0.15, 0.2) is 0 Å². The van der Waals surface area contributed by atoms with Gasteiger partial charge in [-0.15, -0.1) is 0 Å². The average molecular weight is 335 g/mol. The zero-order valence-electron chi connectivity index (χ0n) is 11.3. The second-order valence-corrected chi connectivity index (χ2v) is 5.99. The van der Waals surface area contributed by atoms with E-state index in [1.54, 1.807) is 0 Å². The lowest BCUT2D eigenvalue weighted by molar-refractivity contribution is -0.384. The first-order chi connectivity index (χ1) is 9.97. The number of nitro benzene ring substituents is 1. The summed E-state index contributed by atoms with van der Waals surface area (Å²) in [4.78, 5) is 10.2. The number of nitrogens with zero attached hydrogens (tertiary/aromatic N) is 1. The Morgan fingerprint density at radius 2 is 2.10 bits per heavy atom. The number of anilines is 1. The van der Waals surface area contributed by atoms with E-state index in [0.29, 0.717) is 31.9 Å². The molecule has 0 saturated carbocycles. The van der Waals surface area contributed by atoms with Gasteiger partial charge >= 0.3 is 0 Å². The normalized spacial score (nSPS) is 21.5. The molecule has 6 nitrogen and oxygen atoms in total. The van der Waals surface area contributed by atoms with Gasteiger partial charge < -0.3 is 15.2 Å². The number of halogens is 2. The molecule has 1 saturated heterocycles. The Labute approximate surface area is 132 Å². The van der Waals surface area contributed by atoms with E-state index in [2.05, 4.69) is 5.32 Å². The fraction of sp³-hybridized carbons (Fsp3) is 0.538. The zero-order valence-corrected chi connectivity index (χ0v) is 12.8. The molecule has 1 atom stereocenters. The van der Waals surface area contributed by atoms with Crippen molar-refractivity contribution in [3.05, 3.63) is 32.3 Å². The molecule has 0 spiro atoms. The molecule has 0 aliphatic carbocycles. The van der Waals surface area contributed by atoms with Crippen molar-refractivity contribution in [3.8, 4) is 0 Å². The molecule has 1 aromatic carbocycles. The summed E-state index contributed by atoms with van der Waals surface area (Å²) in [6.45, 7) is 1.82. The van der Waals surface area contributed by atoms with E-state index in [1.807, 2.05) is 0 Å². The number of benzene rings is 1. The second-order valence-electron chi connectivity index (χ2n) is 5.17. The third-order valence-corrected chi connectivity index (χ3v) is 4.30. The molecular formula is C13H16Cl2N2O4. The summed E-state index contributed by atoms with van der Waals surface area (Å²) in [5.74, 6) is 0. The Bertz CT molecular complexity index is 510. The second kappa shape index (κ2) is 6.79. The first-order valence-corrected chi connectivity index (χ1v) is 7.29. The monoisotopic (exact) mass is 334 g/mol. The highest BCUT2D eigenvalue weighted by atomic mass is 35.5. The molecule has 1 heterocycles. The molecule has 2 N–H and O–H groups in total. The van der Waals surface area contributed by atoms with Gasteiger partial charge in [-0.1, -0.05) is 23.2 Å². The maximum atomic E-state index is 10.7. The highest BCUT2D eigenvalue weighted by Gasteiger charge is 2.34. The van der Waals surface area contributed by atoms with Crippen LogP contribution < -0.4 is 5.32 Å². The minimum atomic E-state index is -0.542. The van der Waals surface area contributed by atoms with E-state index in [9.17, 15) is 15.2 Å². The van der Waals surface area contributed by atoms with Gasteiger partial charge in [0, 0.05) is 37.3 Å². The van der Waals surface area contributed by atoms with Crippen molar-refractivity contribution in [1.82, 2.24) is 0 Å². The van der Waals surface area contributed by atoms with Crippen LogP contribution in [0.5, 0.6) is 0 Å². The molecule has 0 unspecified atom stereocenters. The van der Waals surface area contributed by atoms with Crippen LogP contribution in [0.3, 0.4) is 0 Å². The average Bonchev–Trinajstić information content (AvgIpc) is 2.87. The summed E-state index contributed by atoms with van der Waals surface area (Å²) in [6, 6.07) is 2.53. The summed E-state index contributed by atoms with van der Waals surface area (Å²) >= 11 is 12.1. The van der Waals surface area contributed by atoms with Gasteiger partial charge in [-0.05, 0) is 12.8 Å². The summed E-state index contributed by atoms with van der Waals surface area (Å²) in [6.07, 6.45) is 1.45. The third kappa shape index (κ3) is 3.77. The number of rotatable bonds is 6. The van der Waals surface area contributed by atoms with Gasteiger partial charge in [-0.3, -0.25) is 10.1 Å². The maximum absolute atomic E-state index is 10.7. The minimum Gasteiger partial charge on any atom is -0.396 e. The van der Waals surface area contributed by atoms with Crippen LogP contribution in [0.2, 0.25) is 10.0 Å². The highest BCUT2D eigenvalue weighted by Crippen LogP contribution is 2.37. The van der Waals surface area contributed by atoms with Crippen LogP contribution in [0.25, 0.3) is 0 Å². The maximum Gasteiger partial charge on any atom is 0.272 e. The number of nitrogens with one attached hydrogen (secondary N) is 1. The SMILES string of the molecule is O=[N+]([O-])c1cc(Cl)c(NC[C@@]2(CCO)CCOC2)c(Cl)c1. The van der Waals surface area contributed by atoms with Crippen molar-refractivity contribution < 1.29 is 14.8 Å². The van der Waals surface area contributed by atoms with Crippen LogP contribution in [0, 0.1) is 15.5 Å². The van der Waals surface area contributed by atoms with E-state index >= 15 is 0 Å². The number of hydrogen-bond acceptors (Lipinski definition) is 5. The lowest BCUT2D eigenvalue weighted by atomic mass is 9.84. The van der Waals surface area contributed by atoms with Gasteiger partial charge in [-0.25, -0.2) is 0 Å². The van der Waals surface area contributed by atoms with Crippen LogP contribution in [-0.2, 0) is 4.74 Å². The van der Waals surface area contributed by atoms with Gasteiger partial charge in [0.25, 0.3) is 5.69 Å². The molecule has 0 radical (unpaired) electrons. The number of hydrogen-bond donors (Lipinski definition) is 2. The topological polar surface area (TPSA) is 84.6 Å². The van der Waals surface area contributed by atoms with Crippen LogP contribution >= 0.6 is 23.2 Å². The predicted octanol–water partition coefficient (Wildman–Crippen LogP) is 3.10. The molecule has 8 heteroatoms.